The Bertz CT molecular complexity index is 321. The minimum atomic E-state index is 0.405. The smallest absolute Gasteiger partial charge is 0.0153 e. The van der Waals surface area contributed by atoms with Crippen LogP contribution in [0.4, 0.5) is 0 Å². The normalized spacial score (nSPS) is 50.8. The van der Waals surface area contributed by atoms with Gasteiger partial charge >= 0.3 is 0 Å². The van der Waals surface area contributed by atoms with Crippen molar-refractivity contribution in [1.29, 1.82) is 0 Å². The fourth-order valence-electron chi connectivity index (χ4n) is 6.66. The lowest BCUT2D eigenvalue weighted by atomic mass is 9.48. The summed E-state index contributed by atoms with van der Waals surface area (Å²) in [7, 11) is 0. The molecule has 0 radical (unpaired) electrons. The number of hydrogen-bond acceptors (Lipinski definition) is 1. The summed E-state index contributed by atoms with van der Waals surface area (Å²) in [4.78, 5) is 0. The van der Waals surface area contributed by atoms with Crippen LogP contribution in [0.3, 0.4) is 0 Å². The van der Waals surface area contributed by atoms with Gasteiger partial charge in [0.25, 0.3) is 0 Å². The molecule has 108 valence electrons. The Hall–Kier alpha value is -0.0400. The molecule has 0 aromatic carbocycles. The molecule has 1 aliphatic heterocycles. The molecule has 0 amide bonds. The average molecular weight is 261 g/mol. The standard InChI is InChI=1S/C18H31N/c1-17(2)16(4-6-19-17)3-5-18-10-13-7-14(11-18)9-15(8-13)12-18/h13-16,19H,3-12H2,1-2H3. The van der Waals surface area contributed by atoms with E-state index in [1.165, 1.54) is 19.4 Å². The largest absolute Gasteiger partial charge is 0.312 e. The molecule has 1 heteroatoms. The first-order chi connectivity index (χ1) is 9.05. The third kappa shape index (κ3) is 2.17. The third-order valence-electron chi connectivity index (χ3n) is 7.28. The molecule has 1 unspecified atom stereocenters. The molecule has 4 bridgehead atoms. The van der Waals surface area contributed by atoms with Crippen molar-refractivity contribution in [1.82, 2.24) is 5.32 Å². The van der Waals surface area contributed by atoms with Gasteiger partial charge in [-0.2, -0.15) is 0 Å². The van der Waals surface area contributed by atoms with Crippen LogP contribution in [0.5, 0.6) is 0 Å². The quantitative estimate of drug-likeness (QED) is 0.795. The van der Waals surface area contributed by atoms with Gasteiger partial charge in [-0.3, -0.25) is 0 Å². The van der Waals surface area contributed by atoms with E-state index in [1.54, 1.807) is 44.9 Å². The van der Waals surface area contributed by atoms with Gasteiger partial charge in [-0.1, -0.05) is 0 Å². The number of nitrogens with one attached hydrogen (secondary N) is 1. The van der Waals surface area contributed by atoms with Crippen molar-refractivity contribution in [3.05, 3.63) is 0 Å². The van der Waals surface area contributed by atoms with E-state index in [0.29, 0.717) is 5.54 Å². The summed E-state index contributed by atoms with van der Waals surface area (Å²) in [5.74, 6) is 4.31. The van der Waals surface area contributed by atoms with Crippen molar-refractivity contribution in [3.8, 4) is 0 Å². The van der Waals surface area contributed by atoms with E-state index in [1.807, 2.05) is 0 Å². The second-order valence-corrected chi connectivity index (χ2v) is 9.09. The van der Waals surface area contributed by atoms with Crippen molar-refractivity contribution in [2.45, 2.75) is 77.2 Å². The fourth-order valence-corrected chi connectivity index (χ4v) is 6.66. The molecule has 1 nitrogen and oxygen atoms in total. The van der Waals surface area contributed by atoms with Crippen molar-refractivity contribution in [2.24, 2.45) is 29.1 Å². The molecule has 4 aliphatic carbocycles. The first kappa shape index (κ1) is 12.7. The summed E-state index contributed by atoms with van der Waals surface area (Å²) < 4.78 is 0. The van der Waals surface area contributed by atoms with E-state index < -0.39 is 0 Å². The van der Waals surface area contributed by atoms with Gasteiger partial charge in [-0.15, -0.1) is 0 Å². The van der Waals surface area contributed by atoms with Crippen LogP contribution in [0.25, 0.3) is 0 Å². The molecule has 1 heterocycles. The Kier molecular flexibility index (Phi) is 2.82. The van der Waals surface area contributed by atoms with Crippen molar-refractivity contribution in [2.75, 3.05) is 6.54 Å². The SMILES string of the molecule is CC1(C)NCCC1CCC12CC3CC(CC(C3)C1)C2. The second kappa shape index (κ2) is 4.23. The predicted molar refractivity (Wildman–Crippen MR) is 80.0 cm³/mol. The van der Waals surface area contributed by atoms with Gasteiger partial charge in [-0.05, 0) is 107 Å². The molecule has 1 atom stereocenters. The van der Waals surface area contributed by atoms with Gasteiger partial charge in [0.15, 0.2) is 0 Å². The summed E-state index contributed by atoms with van der Waals surface area (Å²) in [6.45, 7) is 6.09. The van der Waals surface area contributed by atoms with E-state index >= 15 is 0 Å². The minimum absolute atomic E-state index is 0.405. The number of hydrogen-bond donors (Lipinski definition) is 1. The highest BCUT2D eigenvalue weighted by Crippen LogP contribution is 2.62. The topological polar surface area (TPSA) is 12.0 Å². The van der Waals surface area contributed by atoms with Gasteiger partial charge in [0, 0.05) is 5.54 Å². The van der Waals surface area contributed by atoms with Gasteiger partial charge in [0.05, 0.1) is 0 Å². The summed E-state index contributed by atoms with van der Waals surface area (Å²) >= 11 is 0. The van der Waals surface area contributed by atoms with E-state index in [-0.39, 0.29) is 0 Å². The molecule has 5 rings (SSSR count). The van der Waals surface area contributed by atoms with Crippen LogP contribution in [0.1, 0.15) is 71.6 Å². The van der Waals surface area contributed by atoms with Crippen molar-refractivity contribution >= 4 is 0 Å². The summed E-state index contributed by atoms with van der Waals surface area (Å²) in [5, 5.41) is 3.70. The van der Waals surface area contributed by atoms with E-state index in [0.717, 1.165) is 29.1 Å². The monoisotopic (exact) mass is 261 g/mol. The second-order valence-electron chi connectivity index (χ2n) is 9.09. The van der Waals surface area contributed by atoms with Gasteiger partial charge in [-0.25, -0.2) is 0 Å². The lowest BCUT2D eigenvalue weighted by Crippen LogP contribution is -2.46. The first-order valence-electron chi connectivity index (χ1n) is 8.80. The van der Waals surface area contributed by atoms with Gasteiger partial charge in [0.1, 0.15) is 0 Å². The molecule has 0 aromatic rings. The van der Waals surface area contributed by atoms with Gasteiger partial charge < -0.3 is 5.32 Å². The third-order valence-corrected chi connectivity index (χ3v) is 7.28. The molecular weight excluding hydrogens is 230 g/mol. The maximum absolute atomic E-state index is 3.70. The highest BCUT2D eigenvalue weighted by atomic mass is 15.0. The molecule has 4 saturated carbocycles. The van der Waals surface area contributed by atoms with Crippen LogP contribution in [-0.4, -0.2) is 12.1 Å². The zero-order valence-electron chi connectivity index (χ0n) is 12.9. The maximum Gasteiger partial charge on any atom is 0.0153 e. The lowest BCUT2D eigenvalue weighted by molar-refractivity contribution is -0.0607. The highest BCUT2D eigenvalue weighted by molar-refractivity contribution is 5.02. The molecule has 19 heavy (non-hydrogen) atoms. The van der Waals surface area contributed by atoms with E-state index in [2.05, 4.69) is 19.2 Å². The van der Waals surface area contributed by atoms with Crippen LogP contribution < -0.4 is 5.32 Å². The van der Waals surface area contributed by atoms with Crippen LogP contribution in [0.2, 0.25) is 0 Å². The van der Waals surface area contributed by atoms with E-state index in [4.69, 9.17) is 0 Å². The zero-order valence-corrected chi connectivity index (χ0v) is 12.9. The lowest BCUT2D eigenvalue weighted by Gasteiger charge is -2.57. The average Bonchev–Trinajstić information content (AvgIpc) is 2.64. The zero-order chi connectivity index (χ0) is 13.1. The molecular formula is C18H31N. The molecule has 0 aromatic heterocycles. The summed E-state index contributed by atoms with van der Waals surface area (Å²) in [5.41, 5.74) is 1.20. The molecule has 1 N–H and O–H groups in total. The predicted octanol–water partition coefficient (Wildman–Crippen LogP) is 4.37. The highest BCUT2D eigenvalue weighted by Gasteiger charge is 2.50. The molecule has 5 fully saturated rings. The van der Waals surface area contributed by atoms with Crippen LogP contribution >= 0.6 is 0 Å². The Morgan fingerprint density at radius 3 is 2.00 bits per heavy atom. The van der Waals surface area contributed by atoms with Crippen LogP contribution in [-0.2, 0) is 0 Å². The summed E-state index contributed by atoms with van der Waals surface area (Å²) in [6.07, 6.45) is 14.0. The Morgan fingerprint density at radius 1 is 0.947 bits per heavy atom. The minimum Gasteiger partial charge on any atom is -0.312 e. The van der Waals surface area contributed by atoms with Crippen molar-refractivity contribution < 1.29 is 0 Å². The Labute approximate surface area is 118 Å². The van der Waals surface area contributed by atoms with Crippen LogP contribution in [0, 0.1) is 29.1 Å². The maximum atomic E-state index is 3.70. The number of rotatable bonds is 3. The summed E-state index contributed by atoms with van der Waals surface area (Å²) in [6, 6.07) is 0. The fraction of sp³-hybridized carbons (Fsp3) is 1.00. The van der Waals surface area contributed by atoms with Crippen molar-refractivity contribution in [3.63, 3.8) is 0 Å². The first-order valence-corrected chi connectivity index (χ1v) is 8.80. The van der Waals surface area contributed by atoms with E-state index in [9.17, 15) is 0 Å². The van der Waals surface area contributed by atoms with Crippen LogP contribution in [0.15, 0.2) is 0 Å². The molecule has 5 aliphatic rings. The Balaban J connectivity index is 1.43. The molecule has 1 saturated heterocycles. The molecule has 0 spiro atoms. The Morgan fingerprint density at radius 2 is 1.53 bits per heavy atom. The van der Waals surface area contributed by atoms with Gasteiger partial charge in [0.2, 0.25) is 0 Å².